The van der Waals surface area contributed by atoms with Crippen molar-refractivity contribution in [2.45, 2.75) is 32.6 Å². The van der Waals surface area contributed by atoms with Gasteiger partial charge in [-0.25, -0.2) is 0 Å². The van der Waals surface area contributed by atoms with Crippen LogP contribution in [0.25, 0.3) is 0 Å². The molecule has 0 amide bonds. The van der Waals surface area contributed by atoms with Gasteiger partial charge in [0.1, 0.15) is 0 Å². The van der Waals surface area contributed by atoms with E-state index in [1.54, 1.807) is 0 Å². The number of hydrogen-bond donors (Lipinski definition) is 0. The zero-order valence-corrected chi connectivity index (χ0v) is 8.13. The second-order valence-corrected chi connectivity index (χ2v) is 3.52. The first-order valence-electron chi connectivity index (χ1n) is 4.82. The van der Waals surface area contributed by atoms with Gasteiger partial charge in [0.15, 0.2) is 5.78 Å². The minimum absolute atomic E-state index is 0.284. The molecule has 0 saturated carbocycles. The van der Waals surface area contributed by atoms with Crippen molar-refractivity contribution in [3.63, 3.8) is 0 Å². The van der Waals surface area contributed by atoms with Crippen LogP contribution in [0.1, 0.15) is 41.5 Å². The lowest BCUT2D eigenvalue weighted by molar-refractivity contribution is 0.0971. The highest BCUT2D eigenvalue weighted by atomic mass is 16.1. The number of aryl methyl sites for hydroxylation is 2. The van der Waals surface area contributed by atoms with Gasteiger partial charge in [0.05, 0.1) is 11.3 Å². The summed E-state index contributed by atoms with van der Waals surface area (Å²) >= 11 is 0. The molecule has 1 aliphatic rings. The number of carbonyl (C=O) groups excluding carboxylic acids is 1. The monoisotopic (exact) mass is 178 g/mol. The summed E-state index contributed by atoms with van der Waals surface area (Å²) in [5.74, 6) is 0.284. The zero-order valence-electron chi connectivity index (χ0n) is 8.13. The first-order valence-corrected chi connectivity index (χ1v) is 4.82. The van der Waals surface area contributed by atoms with Gasteiger partial charge in [0.25, 0.3) is 0 Å². The van der Waals surface area contributed by atoms with Gasteiger partial charge >= 0.3 is 0 Å². The largest absolute Gasteiger partial charge is 0.294 e. The Kier molecular flexibility index (Phi) is 1.94. The molecule has 0 bridgehead atoms. The molecule has 3 nitrogen and oxygen atoms in total. The summed E-state index contributed by atoms with van der Waals surface area (Å²) in [6.45, 7) is 2.07. The van der Waals surface area contributed by atoms with Gasteiger partial charge in [-0.05, 0) is 19.3 Å². The Morgan fingerprint density at radius 1 is 1.46 bits per heavy atom. The molecule has 0 N–H and O–H groups in total. The second-order valence-electron chi connectivity index (χ2n) is 3.52. The predicted octanol–water partition coefficient (Wildman–Crippen LogP) is 1.50. The molecule has 0 aromatic carbocycles. The van der Waals surface area contributed by atoms with Crippen LogP contribution in [0.4, 0.5) is 0 Å². The summed E-state index contributed by atoms with van der Waals surface area (Å²) in [5, 5.41) is 4.37. The van der Waals surface area contributed by atoms with Crippen molar-refractivity contribution < 1.29 is 4.79 Å². The summed E-state index contributed by atoms with van der Waals surface area (Å²) < 4.78 is 1.86. The lowest BCUT2D eigenvalue weighted by Gasteiger charge is -2.08. The van der Waals surface area contributed by atoms with Gasteiger partial charge < -0.3 is 0 Å². The predicted molar refractivity (Wildman–Crippen MR) is 49.9 cm³/mol. The molecule has 0 atom stereocenters. The smallest absolute Gasteiger partial charge is 0.166 e. The summed E-state index contributed by atoms with van der Waals surface area (Å²) in [6, 6.07) is 0. The molecule has 2 rings (SSSR count). The number of aromatic nitrogens is 2. The van der Waals surface area contributed by atoms with Crippen molar-refractivity contribution in [3.8, 4) is 0 Å². The van der Waals surface area contributed by atoms with Crippen LogP contribution in [0.15, 0.2) is 0 Å². The molecule has 70 valence electrons. The third-order valence-corrected chi connectivity index (χ3v) is 2.67. The average molecular weight is 178 g/mol. The van der Waals surface area contributed by atoms with Gasteiger partial charge in [0.2, 0.25) is 0 Å². The Hall–Kier alpha value is -1.12. The van der Waals surface area contributed by atoms with Crippen molar-refractivity contribution in [3.05, 3.63) is 17.0 Å². The summed E-state index contributed by atoms with van der Waals surface area (Å²) in [4.78, 5) is 11.6. The van der Waals surface area contributed by atoms with Gasteiger partial charge in [-0.3, -0.25) is 9.48 Å². The van der Waals surface area contributed by atoms with Crippen LogP contribution in [-0.4, -0.2) is 15.6 Å². The van der Waals surface area contributed by atoms with Gasteiger partial charge in [0, 0.05) is 19.2 Å². The van der Waals surface area contributed by atoms with E-state index in [1.807, 2.05) is 11.7 Å². The zero-order chi connectivity index (χ0) is 9.42. The number of hydrogen-bond acceptors (Lipinski definition) is 2. The van der Waals surface area contributed by atoms with E-state index in [0.717, 1.165) is 36.2 Å². The molecule has 1 aromatic heterocycles. The molecule has 0 spiro atoms. The molecule has 0 fully saturated rings. The van der Waals surface area contributed by atoms with Gasteiger partial charge in [-0.2, -0.15) is 5.10 Å². The molecular formula is C10H14N2O. The molecule has 13 heavy (non-hydrogen) atoms. The molecule has 1 aromatic rings. The van der Waals surface area contributed by atoms with Crippen LogP contribution in [-0.2, 0) is 19.9 Å². The van der Waals surface area contributed by atoms with Crippen LogP contribution < -0.4 is 0 Å². The van der Waals surface area contributed by atoms with Crippen LogP contribution >= 0.6 is 0 Å². The van der Waals surface area contributed by atoms with E-state index in [2.05, 4.69) is 12.0 Å². The molecule has 1 heterocycles. The normalized spacial score (nSPS) is 16.0. The first-order chi connectivity index (χ1) is 6.24. The number of fused-ring (bicyclic) bond motifs is 1. The van der Waals surface area contributed by atoms with Crippen LogP contribution in [0.5, 0.6) is 0 Å². The molecule has 0 saturated heterocycles. The second kappa shape index (κ2) is 2.98. The highest BCUT2D eigenvalue weighted by Gasteiger charge is 2.24. The van der Waals surface area contributed by atoms with Gasteiger partial charge in [-0.15, -0.1) is 0 Å². The minimum atomic E-state index is 0.284. The van der Waals surface area contributed by atoms with Crippen molar-refractivity contribution in [2.75, 3.05) is 0 Å². The summed E-state index contributed by atoms with van der Waals surface area (Å²) in [6.07, 6.45) is 3.52. The SMILES string of the molecule is CCc1c2c(nn1C)CCCC2=O. The number of rotatable bonds is 1. The van der Waals surface area contributed by atoms with Crippen LogP contribution in [0.3, 0.4) is 0 Å². The number of Topliss-reactive ketones (excluding diaryl/α,β-unsaturated/α-hetero) is 1. The maximum atomic E-state index is 11.6. The molecule has 0 unspecified atom stereocenters. The van der Waals surface area contributed by atoms with E-state index in [4.69, 9.17) is 0 Å². The maximum Gasteiger partial charge on any atom is 0.166 e. The first kappa shape index (κ1) is 8.48. The number of ketones is 1. The lowest BCUT2D eigenvalue weighted by Crippen LogP contribution is -2.11. The topological polar surface area (TPSA) is 34.9 Å². The third kappa shape index (κ3) is 1.19. The summed E-state index contributed by atoms with van der Waals surface area (Å²) in [7, 11) is 1.92. The van der Waals surface area contributed by atoms with Crippen molar-refractivity contribution >= 4 is 5.78 Å². The molecule has 1 aliphatic carbocycles. The number of nitrogens with zero attached hydrogens (tertiary/aromatic N) is 2. The fourth-order valence-electron chi connectivity index (χ4n) is 2.06. The van der Waals surface area contributed by atoms with Crippen molar-refractivity contribution in [2.24, 2.45) is 7.05 Å². The van der Waals surface area contributed by atoms with E-state index < -0.39 is 0 Å². The van der Waals surface area contributed by atoms with E-state index in [-0.39, 0.29) is 5.78 Å². The molecular weight excluding hydrogens is 164 g/mol. The van der Waals surface area contributed by atoms with Crippen LogP contribution in [0, 0.1) is 0 Å². The molecule has 0 radical (unpaired) electrons. The van der Waals surface area contributed by atoms with E-state index in [0.29, 0.717) is 6.42 Å². The van der Waals surface area contributed by atoms with Crippen molar-refractivity contribution in [1.82, 2.24) is 9.78 Å². The van der Waals surface area contributed by atoms with E-state index in [1.165, 1.54) is 0 Å². The van der Waals surface area contributed by atoms with E-state index in [9.17, 15) is 4.79 Å². The molecule has 3 heteroatoms. The van der Waals surface area contributed by atoms with Crippen LogP contribution in [0.2, 0.25) is 0 Å². The lowest BCUT2D eigenvalue weighted by atomic mass is 9.94. The maximum absolute atomic E-state index is 11.6. The van der Waals surface area contributed by atoms with E-state index >= 15 is 0 Å². The average Bonchev–Trinajstić information content (AvgIpc) is 2.42. The Morgan fingerprint density at radius 3 is 2.92 bits per heavy atom. The number of carbonyl (C=O) groups is 1. The quantitative estimate of drug-likeness (QED) is 0.653. The highest BCUT2D eigenvalue weighted by molar-refractivity contribution is 5.99. The third-order valence-electron chi connectivity index (χ3n) is 2.67. The molecule has 0 aliphatic heterocycles. The Bertz CT molecular complexity index is 352. The summed E-state index contributed by atoms with van der Waals surface area (Å²) in [5.41, 5.74) is 3.02. The van der Waals surface area contributed by atoms with Crippen molar-refractivity contribution in [1.29, 1.82) is 0 Å². The highest BCUT2D eigenvalue weighted by Crippen LogP contribution is 2.23. The fourth-order valence-corrected chi connectivity index (χ4v) is 2.06. The van der Waals surface area contributed by atoms with Gasteiger partial charge in [-0.1, -0.05) is 6.92 Å². The standard InChI is InChI=1S/C10H14N2O/c1-3-8-10-7(11-12(8)2)5-4-6-9(10)13/h3-6H2,1-2H3. The Balaban J connectivity index is 2.58. The Labute approximate surface area is 77.7 Å². The fraction of sp³-hybridized carbons (Fsp3) is 0.600. The minimum Gasteiger partial charge on any atom is -0.294 e. The Morgan fingerprint density at radius 2 is 2.23 bits per heavy atom.